The van der Waals surface area contributed by atoms with E-state index in [2.05, 4.69) is 17.1 Å². The van der Waals surface area contributed by atoms with E-state index >= 15 is 0 Å². The fraction of sp³-hybridized carbons (Fsp3) is 0.500. The number of amides is 1. The Balaban J connectivity index is 1.91. The molecule has 19 heavy (non-hydrogen) atoms. The molecule has 2 rings (SSSR count). The van der Waals surface area contributed by atoms with Crippen molar-refractivity contribution in [3.05, 3.63) is 29.8 Å². The van der Waals surface area contributed by atoms with Gasteiger partial charge in [-0.1, -0.05) is 13.3 Å². The van der Waals surface area contributed by atoms with Crippen molar-refractivity contribution < 1.29 is 14.0 Å². The van der Waals surface area contributed by atoms with Gasteiger partial charge < -0.3 is 5.32 Å². The number of nitrogens with one attached hydrogen (secondary N) is 1. The lowest BCUT2D eigenvalue weighted by atomic mass is 10.1. The molecule has 2 atom stereocenters. The Kier molecular flexibility index (Phi) is 5.24. The van der Waals surface area contributed by atoms with Crippen LogP contribution in [-0.2, 0) is 9.22 Å². The molecule has 1 aliphatic carbocycles. The van der Waals surface area contributed by atoms with Gasteiger partial charge >= 0.3 is 0 Å². The molecule has 1 saturated carbocycles. The zero-order valence-electron chi connectivity index (χ0n) is 11.2. The summed E-state index contributed by atoms with van der Waals surface area (Å²) in [5.74, 6) is 0.580. The summed E-state index contributed by atoms with van der Waals surface area (Å²) in [5.41, 5.74) is 0.681. The largest absolute Gasteiger partial charge is 0.349 e. The Bertz CT molecular complexity index is 421. The Morgan fingerprint density at radius 2 is 2.05 bits per heavy atom. The van der Waals surface area contributed by atoms with Gasteiger partial charge in [0.1, 0.15) is 0 Å². The van der Waals surface area contributed by atoms with Crippen LogP contribution in [0.4, 0.5) is 0 Å². The Labute approximate surface area is 118 Å². The van der Waals surface area contributed by atoms with E-state index in [1.165, 1.54) is 20.0 Å². The van der Waals surface area contributed by atoms with Gasteiger partial charge in [-0.2, -0.15) is 4.33 Å². The van der Waals surface area contributed by atoms with Crippen LogP contribution in [-0.4, -0.2) is 19.1 Å². The standard InChI is InChI=1S/C14H19NO3S/c1-10-4-3-5-13(10)15-14(16)11-6-8-12(9-7-11)19-18-17-2/h6-10,13H,3-5H2,1-2H3,(H,15,16). The predicted octanol–water partition coefficient (Wildman–Crippen LogP) is 3.19. The number of carbonyl (C=O) groups is 1. The van der Waals surface area contributed by atoms with Crippen molar-refractivity contribution in [2.45, 2.75) is 37.1 Å². The first-order valence-electron chi connectivity index (χ1n) is 6.49. The van der Waals surface area contributed by atoms with Gasteiger partial charge in [-0.15, -0.1) is 0 Å². The lowest BCUT2D eigenvalue weighted by Gasteiger charge is -2.17. The summed E-state index contributed by atoms with van der Waals surface area (Å²) in [6.45, 7) is 2.19. The zero-order chi connectivity index (χ0) is 13.7. The third-order valence-electron chi connectivity index (χ3n) is 3.49. The molecule has 1 amide bonds. The van der Waals surface area contributed by atoms with Crippen LogP contribution < -0.4 is 5.32 Å². The minimum Gasteiger partial charge on any atom is -0.349 e. The summed E-state index contributed by atoms with van der Waals surface area (Å²) >= 11 is 1.12. The van der Waals surface area contributed by atoms with Crippen LogP contribution in [0.3, 0.4) is 0 Å². The summed E-state index contributed by atoms with van der Waals surface area (Å²) in [6, 6.07) is 7.61. The second kappa shape index (κ2) is 6.93. The molecule has 1 N–H and O–H groups in total. The number of rotatable bonds is 5. The van der Waals surface area contributed by atoms with Crippen LogP contribution in [0.5, 0.6) is 0 Å². The average molecular weight is 281 g/mol. The van der Waals surface area contributed by atoms with Gasteiger partial charge in [-0.3, -0.25) is 4.79 Å². The van der Waals surface area contributed by atoms with Crippen LogP contribution in [0, 0.1) is 5.92 Å². The quantitative estimate of drug-likeness (QED) is 0.511. The monoisotopic (exact) mass is 281 g/mol. The van der Waals surface area contributed by atoms with Crippen molar-refractivity contribution in [1.82, 2.24) is 5.32 Å². The molecule has 0 radical (unpaired) electrons. The van der Waals surface area contributed by atoms with Crippen LogP contribution in [0.25, 0.3) is 0 Å². The lowest BCUT2D eigenvalue weighted by Crippen LogP contribution is -2.36. The summed E-state index contributed by atoms with van der Waals surface area (Å²) in [4.78, 5) is 17.5. The maximum Gasteiger partial charge on any atom is 0.251 e. The van der Waals surface area contributed by atoms with Gasteiger partial charge in [-0.25, -0.2) is 4.89 Å². The molecular formula is C14H19NO3S. The normalized spacial score (nSPS) is 22.4. The van der Waals surface area contributed by atoms with Crippen molar-refractivity contribution in [3.8, 4) is 0 Å². The molecule has 1 fully saturated rings. The number of hydrogen-bond acceptors (Lipinski definition) is 4. The molecule has 0 heterocycles. The number of hydrogen-bond donors (Lipinski definition) is 1. The summed E-state index contributed by atoms with van der Waals surface area (Å²) < 4.78 is 4.76. The van der Waals surface area contributed by atoms with Gasteiger partial charge in [-0.05, 0) is 43.0 Å². The first kappa shape index (κ1) is 14.4. The molecule has 5 heteroatoms. The maximum absolute atomic E-state index is 12.1. The van der Waals surface area contributed by atoms with Gasteiger partial charge in [0.05, 0.1) is 19.2 Å². The molecule has 0 spiro atoms. The zero-order valence-corrected chi connectivity index (χ0v) is 12.0. The van der Waals surface area contributed by atoms with Crippen LogP contribution in [0.15, 0.2) is 29.2 Å². The molecule has 0 saturated heterocycles. The van der Waals surface area contributed by atoms with E-state index in [0.717, 1.165) is 23.4 Å². The van der Waals surface area contributed by atoms with Crippen LogP contribution in [0.1, 0.15) is 36.5 Å². The first-order chi connectivity index (χ1) is 9.20. The average Bonchev–Trinajstić information content (AvgIpc) is 2.82. The smallest absolute Gasteiger partial charge is 0.251 e. The van der Waals surface area contributed by atoms with Crippen molar-refractivity contribution >= 4 is 17.9 Å². The molecule has 1 aromatic rings. The van der Waals surface area contributed by atoms with Crippen molar-refractivity contribution in [3.63, 3.8) is 0 Å². The van der Waals surface area contributed by atoms with Gasteiger partial charge in [0.15, 0.2) is 0 Å². The Morgan fingerprint density at radius 3 is 2.63 bits per heavy atom. The molecule has 104 valence electrons. The third kappa shape index (κ3) is 3.96. The minimum absolute atomic E-state index is 0.00274. The molecular weight excluding hydrogens is 262 g/mol. The van der Waals surface area contributed by atoms with E-state index in [-0.39, 0.29) is 5.91 Å². The van der Waals surface area contributed by atoms with Crippen molar-refractivity contribution in [2.24, 2.45) is 5.92 Å². The van der Waals surface area contributed by atoms with E-state index in [4.69, 9.17) is 4.33 Å². The third-order valence-corrected chi connectivity index (χ3v) is 4.16. The van der Waals surface area contributed by atoms with E-state index in [0.29, 0.717) is 17.5 Å². The van der Waals surface area contributed by atoms with E-state index < -0.39 is 0 Å². The molecule has 0 aliphatic heterocycles. The van der Waals surface area contributed by atoms with Crippen molar-refractivity contribution in [1.29, 1.82) is 0 Å². The summed E-state index contributed by atoms with van der Waals surface area (Å²) in [6.07, 6.45) is 3.49. The fourth-order valence-corrected chi connectivity index (χ4v) is 2.74. The van der Waals surface area contributed by atoms with E-state index in [9.17, 15) is 4.79 Å². The molecule has 4 nitrogen and oxygen atoms in total. The van der Waals surface area contributed by atoms with Gasteiger partial charge in [0.25, 0.3) is 5.91 Å². The highest BCUT2D eigenvalue weighted by Gasteiger charge is 2.24. The second-order valence-corrected chi connectivity index (χ2v) is 5.60. The summed E-state index contributed by atoms with van der Waals surface area (Å²) in [7, 11) is 1.46. The first-order valence-corrected chi connectivity index (χ1v) is 7.23. The molecule has 1 aromatic carbocycles. The molecule has 0 aromatic heterocycles. The van der Waals surface area contributed by atoms with Gasteiger partial charge in [0.2, 0.25) is 0 Å². The van der Waals surface area contributed by atoms with Crippen LogP contribution in [0.2, 0.25) is 0 Å². The van der Waals surface area contributed by atoms with E-state index in [1.807, 2.05) is 12.1 Å². The lowest BCUT2D eigenvalue weighted by molar-refractivity contribution is -0.160. The topological polar surface area (TPSA) is 47.6 Å². The fourth-order valence-electron chi connectivity index (χ4n) is 2.35. The maximum atomic E-state index is 12.1. The minimum atomic E-state index is 0.00274. The molecule has 0 bridgehead atoms. The van der Waals surface area contributed by atoms with Gasteiger partial charge in [0, 0.05) is 16.5 Å². The SMILES string of the molecule is COOSc1ccc(C(=O)NC2CCCC2C)cc1. The highest BCUT2D eigenvalue weighted by Crippen LogP contribution is 2.25. The predicted molar refractivity (Wildman–Crippen MR) is 74.7 cm³/mol. The second-order valence-electron chi connectivity index (χ2n) is 4.83. The van der Waals surface area contributed by atoms with E-state index in [1.54, 1.807) is 12.1 Å². The highest BCUT2D eigenvalue weighted by molar-refractivity contribution is 7.94. The number of carbonyl (C=O) groups excluding carboxylic acids is 1. The molecule has 1 aliphatic rings. The highest BCUT2D eigenvalue weighted by atomic mass is 32.2. The Hall–Kier alpha value is -1.04. The Morgan fingerprint density at radius 1 is 1.32 bits per heavy atom. The number of benzene rings is 1. The van der Waals surface area contributed by atoms with Crippen LogP contribution >= 0.6 is 12.0 Å². The molecule has 2 unspecified atom stereocenters. The summed E-state index contributed by atoms with van der Waals surface area (Å²) in [5, 5.41) is 3.11. The van der Waals surface area contributed by atoms with Crippen molar-refractivity contribution in [2.75, 3.05) is 7.11 Å².